The molecule has 1 aliphatic heterocycles. The summed E-state index contributed by atoms with van der Waals surface area (Å²) in [6, 6.07) is 16.0. The lowest BCUT2D eigenvalue weighted by atomic mass is 9.87. The number of likely N-dealkylation sites (N-methyl/N-ethyl adjacent to an activating group) is 1. The number of carbonyl (C=O) groups excluding carboxylic acids is 3. The third-order valence-electron chi connectivity index (χ3n) is 4.98. The zero-order chi connectivity index (χ0) is 17.1. The maximum absolute atomic E-state index is 13.1. The topological polar surface area (TPSA) is 54.5 Å². The van der Waals surface area contributed by atoms with Gasteiger partial charge in [-0.3, -0.25) is 14.4 Å². The van der Waals surface area contributed by atoms with Crippen molar-refractivity contribution in [2.75, 3.05) is 7.05 Å². The van der Waals surface area contributed by atoms with Crippen LogP contribution in [0.25, 0.3) is 5.70 Å². The van der Waals surface area contributed by atoms with Crippen LogP contribution < -0.4 is 0 Å². The van der Waals surface area contributed by atoms with Gasteiger partial charge in [0, 0.05) is 23.7 Å². The Morgan fingerprint density at radius 3 is 1.79 bits per heavy atom. The molecule has 0 unspecified atom stereocenters. The van der Waals surface area contributed by atoms with Gasteiger partial charge in [0.15, 0.2) is 0 Å². The number of Topliss-reactive ketones (excluding diaryl/α,β-unsaturated/α-hetero) is 3. The van der Waals surface area contributed by atoms with Gasteiger partial charge < -0.3 is 4.90 Å². The van der Waals surface area contributed by atoms with Gasteiger partial charge in [0.25, 0.3) is 0 Å². The first-order valence-electron chi connectivity index (χ1n) is 7.74. The summed E-state index contributed by atoms with van der Waals surface area (Å²) in [7, 11) is 1.65. The molecule has 0 saturated carbocycles. The van der Waals surface area contributed by atoms with E-state index >= 15 is 0 Å². The van der Waals surface area contributed by atoms with Crippen molar-refractivity contribution in [1.29, 1.82) is 0 Å². The van der Waals surface area contributed by atoms with Crippen LogP contribution in [0, 0.1) is 0 Å². The van der Waals surface area contributed by atoms with Gasteiger partial charge >= 0.3 is 0 Å². The van der Waals surface area contributed by atoms with Crippen molar-refractivity contribution >= 4 is 23.0 Å². The predicted molar refractivity (Wildman–Crippen MR) is 89.6 cm³/mol. The highest BCUT2D eigenvalue weighted by Crippen LogP contribution is 2.45. The molecule has 0 fully saturated rings. The molecule has 0 bridgehead atoms. The van der Waals surface area contributed by atoms with Crippen molar-refractivity contribution < 1.29 is 14.4 Å². The average molecular weight is 317 g/mol. The standard InChI is InChI=1S/C20H15NO3/c1-12-16(13-8-4-3-5-9-13)21(2)20(17(12)22)18(23)14-10-6-7-11-15(14)19(20)24/h3-11H,1-2H3. The Kier molecular flexibility index (Phi) is 2.88. The fourth-order valence-corrected chi connectivity index (χ4v) is 3.84. The predicted octanol–water partition coefficient (Wildman–Crippen LogP) is 2.75. The molecule has 118 valence electrons. The molecule has 4 rings (SSSR count). The van der Waals surface area contributed by atoms with Crippen LogP contribution in [-0.4, -0.2) is 34.8 Å². The highest BCUT2D eigenvalue weighted by molar-refractivity contribution is 6.48. The van der Waals surface area contributed by atoms with Gasteiger partial charge in [0.05, 0.1) is 5.70 Å². The van der Waals surface area contributed by atoms with E-state index < -0.39 is 22.9 Å². The van der Waals surface area contributed by atoms with E-state index in [1.165, 1.54) is 0 Å². The Hall–Kier alpha value is -3.01. The summed E-state index contributed by atoms with van der Waals surface area (Å²) in [5.74, 6) is -1.28. The maximum atomic E-state index is 13.1. The molecule has 1 aliphatic carbocycles. The molecule has 0 N–H and O–H groups in total. The van der Waals surface area contributed by atoms with Crippen molar-refractivity contribution in [3.05, 3.63) is 76.9 Å². The van der Waals surface area contributed by atoms with Crippen molar-refractivity contribution in [3.8, 4) is 0 Å². The van der Waals surface area contributed by atoms with Crippen LogP contribution in [0.1, 0.15) is 33.2 Å². The van der Waals surface area contributed by atoms with Crippen LogP contribution in [0.2, 0.25) is 0 Å². The number of carbonyl (C=O) groups is 3. The summed E-state index contributed by atoms with van der Waals surface area (Å²) < 4.78 is 0. The summed E-state index contributed by atoms with van der Waals surface area (Å²) >= 11 is 0. The Bertz CT molecular complexity index is 905. The van der Waals surface area contributed by atoms with Gasteiger partial charge in [-0.2, -0.15) is 0 Å². The van der Waals surface area contributed by atoms with E-state index in [9.17, 15) is 14.4 Å². The summed E-state index contributed by atoms with van der Waals surface area (Å²) in [6.07, 6.45) is 0. The van der Waals surface area contributed by atoms with E-state index in [4.69, 9.17) is 0 Å². The first-order chi connectivity index (χ1) is 11.5. The molecule has 0 aromatic heterocycles. The molecule has 1 spiro atoms. The van der Waals surface area contributed by atoms with Crippen LogP contribution >= 0.6 is 0 Å². The molecule has 0 atom stereocenters. The van der Waals surface area contributed by atoms with Crippen molar-refractivity contribution in [1.82, 2.24) is 4.90 Å². The maximum Gasteiger partial charge on any atom is 0.230 e. The number of hydrogen-bond acceptors (Lipinski definition) is 4. The summed E-state index contributed by atoms with van der Waals surface area (Å²) in [4.78, 5) is 40.8. The monoisotopic (exact) mass is 317 g/mol. The third kappa shape index (κ3) is 1.50. The van der Waals surface area contributed by atoms with E-state index in [0.29, 0.717) is 22.4 Å². The Morgan fingerprint density at radius 2 is 1.25 bits per heavy atom. The third-order valence-corrected chi connectivity index (χ3v) is 4.98. The number of benzene rings is 2. The van der Waals surface area contributed by atoms with Gasteiger partial charge in [-0.1, -0.05) is 54.6 Å². The Morgan fingerprint density at radius 1 is 0.750 bits per heavy atom. The van der Waals surface area contributed by atoms with Crippen molar-refractivity contribution in [2.45, 2.75) is 12.5 Å². The number of ketones is 3. The van der Waals surface area contributed by atoms with E-state index in [1.54, 1.807) is 43.1 Å². The van der Waals surface area contributed by atoms with E-state index in [2.05, 4.69) is 0 Å². The minimum absolute atomic E-state index is 0.324. The SMILES string of the molecule is CC1=C(c2ccccc2)N(C)C2(C1=O)C(=O)c1ccccc1C2=O. The van der Waals surface area contributed by atoms with Crippen molar-refractivity contribution in [2.24, 2.45) is 0 Å². The zero-order valence-electron chi connectivity index (χ0n) is 13.4. The molecule has 0 amide bonds. The smallest absolute Gasteiger partial charge is 0.230 e. The molecular weight excluding hydrogens is 302 g/mol. The first-order valence-corrected chi connectivity index (χ1v) is 7.74. The Balaban J connectivity index is 1.93. The van der Waals surface area contributed by atoms with E-state index in [1.807, 2.05) is 30.3 Å². The van der Waals surface area contributed by atoms with E-state index in [0.717, 1.165) is 5.56 Å². The minimum atomic E-state index is -1.78. The minimum Gasteiger partial charge on any atom is -0.348 e. The second-order valence-electron chi connectivity index (χ2n) is 6.14. The molecule has 4 heteroatoms. The number of fused-ring (bicyclic) bond motifs is 1. The van der Waals surface area contributed by atoms with Gasteiger partial charge in [0.1, 0.15) is 0 Å². The summed E-state index contributed by atoms with van der Waals surface area (Å²) in [5, 5.41) is 0. The second-order valence-corrected chi connectivity index (χ2v) is 6.14. The number of rotatable bonds is 1. The lowest BCUT2D eigenvalue weighted by Crippen LogP contribution is -2.56. The van der Waals surface area contributed by atoms with Gasteiger partial charge in [0.2, 0.25) is 22.9 Å². The number of nitrogens with zero attached hydrogens (tertiary/aromatic N) is 1. The normalized spacial score (nSPS) is 18.8. The highest BCUT2D eigenvalue weighted by Gasteiger charge is 2.65. The fourth-order valence-electron chi connectivity index (χ4n) is 3.84. The fraction of sp³-hybridized carbons (Fsp3) is 0.150. The average Bonchev–Trinajstić information content (AvgIpc) is 2.95. The van der Waals surface area contributed by atoms with Crippen LogP contribution in [-0.2, 0) is 4.79 Å². The first kappa shape index (κ1) is 14.6. The highest BCUT2D eigenvalue weighted by atomic mass is 16.2. The molecule has 2 aliphatic rings. The zero-order valence-corrected chi connectivity index (χ0v) is 13.4. The summed E-state index contributed by atoms with van der Waals surface area (Å²) in [6.45, 7) is 1.68. The van der Waals surface area contributed by atoms with Crippen LogP contribution in [0.15, 0.2) is 60.2 Å². The molecule has 4 nitrogen and oxygen atoms in total. The molecule has 2 aromatic carbocycles. The molecule has 24 heavy (non-hydrogen) atoms. The van der Waals surface area contributed by atoms with Gasteiger partial charge in [-0.05, 0) is 12.5 Å². The molecule has 0 saturated heterocycles. The van der Waals surface area contributed by atoms with Crippen LogP contribution in [0.3, 0.4) is 0 Å². The lowest BCUT2D eigenvalue weighted by molar-refractivity contribution is -0.119. The Labute approximate surface area is 139 Å². The molecular formula is C20H15NO3. The van der Waals surface area contributed by atoms with Gasteiger partial charge in [-0.25, -0.2) is 0 Å². The second kappa shape index (κ2) is 4.74. The summed E-state index contributed by atoms with van der Waals surface area (Å²) in [5.41, 5.74) is 0.765. The molecule has 0 radical (unpaired) electrons. The molecule has 2 aromatic rings. The molecule has 1 heterocycles. The van der Waals surface area contributed by atoms with Crippen molar-refractivity contribution in [3.63, 3.8) is 0 Å². The number of hydrogen-bond donors (Lipinski definition) is 0. The largest absolute Gasteiger partial charge is 0.348 e. The van der Waals surface area contributed by atoms with E-state index in [-0.39, 0.29) is 0 Å². The van der Waals surface area contributed by atoms with Gasteiger partial charge in [-0.15, -0.1) is 0 Å². The van der Waals surface area contributed by atoms with Crippen LogP contribution in [0.5, 0.6) is 0 Å². The quantitative estimate of drug-likeness (QED) is 0.759. The van der Waals surface area contributed by atoms with Crippen LogP contribution in [0.4, 0.5) is 0 Å². The lowest BCUT2D eigenvalue weighted by Gasteiger charge is -2.31.